The van der Waals surface area contributed by atoms with E-state index in [2.05, 4.69) is 25.6 Å². The fourth-order valence-electron chi connectivity index (χ4n) is 2.63. The van der Waals surface area contributed by atoms with E-state index in [-0.39, 0.29) is 10.9 Å². The molecule has 0 bridgehead atoms. The summed E-state index contributed by atoms with van der Waals surface area (Å²) in [5.41, 5.74) is 0.511. The monoisotopic (exact) mass is 407 g/mol. The Morgan fingerprint density at radius 1 is 1.21 bits per heavy atom. The number of nitrogens with zero attached hydrogens (tertiary/aromatic N) is 2. The predicted octanol–water partition coefficient (Wildman–Crippen LogP) is 4.26. The summed E-state index contributed by atoms with van der Waals surface area (Å²) in [5.74, 6) is 0.884. The van der Waals surface area contributed by atoms with Gasteiger partial charge in [0.15, 0.2) is 5.03 Å². The number of hydrogen-bond acceptors (Lipinski definition) is 3. The van der Waals surface area contributed by atoms with Gasteiger partial charge in [-0.3, -0.25) is 4.72 Å². The molecule has 1 N–H and O–H groups in total. The van der Waals surface area contributed by atoms with Crippen LogP contribution in [-0.2, 0) is 17.1 Å². The topological polar surface area (TPSA) is 64.0 Å². The highest BCUT2D eigenvalue weighted by atomic mass is 79.9. The highest BCUT2D eigenvalue weighted by molar-refractivity contribution is 9.10. The van der Waals surface area contributed by atoms with Gasteiger partial charge >= 0.3 is 0 Å². The molecule has 2 aromatic carbocycles. The number of rotatable bonds is 4. The van der Waals surface area contributed by atoms with Crippen molar-refractivity contribution in [3.63, 3.8) is 0 Å². The first-order chi connectivity index (χ1) is 11.3. The Kier molecular flexibility index (Phi) is 4.40. The van der Waals surface area contributed by atoms with Crippen molar-refractivity contribution in [2.24, 2.45) is 7.05 Å². The molecule has 7 heteroatoms. The van der Waals surface area contributed by atoms with E-state index in [1.54, 1.807) is 17.7 Å². The standard InChI is InChI=1S/C17H18BrN3O2S/c1-11(2)17-19-16(10-21(17)3)24(22,23)20-13-7-8-14-12(9-13)5-4-6-15(14)18/h4-11,20H,1-3H3. The molecule has 3 rings (SSSR count). The summed E-state index contributed by atoms with van der Waals surface area (Å²) in [6.45, 7) is 3.96. The van der Waals surface area contributed by atoms with Crippen LogP contribution in [0.15, 0.2) is 52.1 Å². The SMILES string of the molecule is CC(C)c1nc(S(=O)(=O)Nc2ccc3c(Br)cccc3c2)cn1C. The largest absolute Gasteiger partial charge is 0.336 e. The third kappa shape index (κ3) is 3.18. The summed E-state index contributed by atoms with van der Waals surface area (Å²) in [4.78, 5) is 4.26. The van der Waals surface area contributed by atoms with Gasteiger partial charge in [-0.15, -0.1) is 0 Å². The zero-order valence-electron chi connectivity index (χ0n) is 13.6. The average molecular weight is 408 g/mol. The third-order valence-corrected chi connectivity index (χ3v) is 5.70. The molecule has 0 aliphatic carbocycles. The molecule has 0 saturated carbocycles. The number of hydrogen-bond donors (Lipinski definition) is 1. The summed E-state index contributed by atoms with van der Waals surface area (Å²) >= 11 is 3.49. The maximum Gasteiger partial charge on any atom is 0.280 e. The van der Waals surface area contributed by atoms with Gasteiger partial charge in [-0.2, -0.15) is 8.42 Å². The number of imidazole rings is 1. The first-order valence-electron chi connectivity index (χ1n) is 7.52. The molecule has 0 aliphatic heterocycles. The minimum Gasteiger partial charge on any atom is -0.336 e. The van der Waals surface area contributed by atoms with E-state index in [4.69, 9.17) is 0 Å². The van der Waals surface area contributed by atoms with Gasteiger partial charge in [0.25, 0.3) is 10.0 Å². The Bertz CT molecular complexity index is 1010. The fraction of sp³-hybridized carbons (Fsp3) is 0.235. The van der Waals surface area contributed by atoms with Gasteiger partial charge in [-0.05, 0) is 29.0 Å². The van der Waals surface area contributed by atoms with Gasteiger partial charge in [-0.25, -0.2) is 4.98 Å². The molecule has 0 radical (unpaired) electrons. The van der Waals surface area contributed by atoms with Crippen molar-refractivity contribution in [1.29, 1.82) is 0 Å². The van der Waals surface area contributed by atoms with E-state index in [0.717, 1.165) is 21.1 Å². The third-order valence-electron chi connectivity index (χ3n) is 3.76. The first kappa shape index (κ1) is 17.0. The normalized spacial score (nSPS) is 12.0. The molecular formula is C17H18BrN3O2S. The lowest BCUT2D eigenvalue weighted by molar-refractivity contribution is 0.597. The van der Waals surface area contributed by atoms with E-state index >= 15 is 0 Å². The number of aryl methyl sites for hydroxylation is 1. The van der Waals surface area contributed by atoms with Crippen LogP contribution in [-0.4, -0.2) is 18.0 Å². The van der Waals surface area contributed by atoms with Crippen molar-refractivity contribution >= 4 is 42.4 Å². The van der Waals surface area contributed by atoms with Crippen molar-refractivity contribution < 1.29 is 8.42 Å². The highest BCUT2D eigenvalue weighted by Crippen LogP contribution is 2.27. The molecule has 3 aromatic rings. The second-order valence-electron chi connectivity index (χ2n) is 5.98. The molecule has 1 heterocycles. The smallest absolute Gasteiger partial charge is 0.280 e. The van der Waals surface area contributed by atoms with Gasteiger partial charge < -0.3 is 4.57 Å². The lowest BCUT2D eigenvalue weighted by atomic mass is 10.1. The zero-order valence-corrected chi connectivity index (χ0v) is 16.0. The molecule has 0 fully saturated rings. The number of anilines is 1. The van der Waals surface area contributed by atoms with Crippen molar-refractivity contribution in [2.45, 2.75) is 24.8 Å². The van der Waals surface area contributed by atoms with E-state index in [1.807, 2.05) is 44.2 Å². The summed E-state index contributed by atoms with van der Waals surface area (Å²) in [7, 11) is -1.92. The number of halogens is 1. The molecule has 24 heavy (non-hydrogen) atoms. The summed E-state index contributed by atoms with van der Waals surface area (Å²) < 4.78 is 30.5. The quantitative estimate of drug-likeness (QED) is 0.702. The number of aromatic nitrogens is 2. The molecular weight excluding hydrogens is 390 g/mol. The minimum absolute atomic E-state index is 0.0306. The van der Waals surface area contributed by atoms with E-state index < -0.39 is 10.0 Å². The van der Waals surface area contributed by atoms with Gasteiger partial charge in [-0.1, -0.05) is 48.0 Å². The molecule has 0 aliphatic rings. The van der Waals surface area contributed by atoms with E-state index in [1.165, 1.54) is 6.20 Å². The first-order valence-corrected chi connectivity index (χ1v) is 9.80. The average Bonchev–Trinajstić information content (AvgIpc) is 2.90. The highest BCUT2D eigenvalue weighted by Gasteiger charge is 2.21. The molecule has 0 amide bonds. The van der Waals surface area contributed by atoms with Gasteiger partial charge in [0.1, 0.15) is 5.82 Å². The van der Waals surface area contributed by atoms with Crippen LogP contribution < -0.4 is 4.72 Å². The van der Waals surface area contributed by atoms with Crippen molar-refractivity contribution in [3.8, 4) is 0 Å². The molecule has 5 nitrogen and oxygen atoms in total. The Morgan fingerprint density at radius 3 is 2.62 bits per heavy atom. The van der Waals surface area contributed by atoms with Crippen molar-refractivity contribution in [1.82, 2.24) is 9.55 Å². The number of nitrogens with one attached hydrogen (secondary N) is 1. The Hall–Kier alpha value is -1.86. The lowest BCUT2D eigenvalue weighted by Gasteiger charge is -2.08. The van der Waals surface area contributed by atoms with Crippen LogP contribution in [0.25, 0.3) is 10.8 Å². The summed E-state index contributed by atoms with van der Waals surface area (Å²) in [6.07, 6.45) is 1.54. The van der Waals surface area contributed by atoms with Gasteiger partial charge in [0.05, 0.1) is 0 Å². The maximum absolute atomic E-state index is 12.6. The van der Waals surface area contributed by atoms with Crippen LogP contribution in [0.5, 0.6) is 0 Å². The van der Waals surface area contributed by atoms with Gasteiger partial charge in [0, 0.05) is 29.3 Å². The van der Waals surface area contributed by atoms with Crippen molar-refractivity contribution in [3.05, 3.63) is 52.9 Å². The predicted molar refractivity (Wildman–Crippen MR) is 99.8 cm³/mol. The minimum atomic E-state index is -3.72. The lowest BCUT2D eigenvalue weighted by Crippen LogP contribution is -2.13. The van der Waals surface area contributed by atoms with Crippen molar-refractivity contribution in [2.75, 3.05) is 4.72 Å². The number of benzene rings is 2. The van der Waals surface area contributed by atoms with Crippen LogP contribution in [0.4, 0.5) is 5.69 Å². The molecule has 0 unspecified atom stereocenters. The van der Waals surface area contributed by atoms with Crippen LogP contribution in [0, 0.1) is 0 Å². The van der Waals surface area contributed by atoms with E-state index in [9.17, 15) is 8.42 Å². The Balaban J connectivity index is 1.96. The van der Waals surface area contributed by atoms with E-state index in [0.29, 0.717) is 5.69 Å². The summed E-state index contributed by atoms with van der Waals surface area (Å²) in [6, 6.07) is 11.2. The fourth-order valence-corrected chi connectivity index (χ4v) is 4.20. The van der Waals surface area contributed by atoms with Crippen LogP contribution in [0.2, 0.25) is 0 Å². The second kappa shape index (κ2) is 6.22. The number of fused-ring (bicyclic) bond motifs is 1. The maximum atomic E-state index is 12.6. The van der Waals surface area contributed by atoms with Gasteiger partial charge in [0.2, 0.25) is 0 Å². The zero-order chi connectivity index (χ0) is 17.5. The van der Waals surface area contributed by atoms with Crippen LogP contribution in [0.1, 0.15) is 25.6 Å². The molecule has 126 valence electrons. The summed E-state index contributed by atoms with van der Waals surface area (Å²) in [5, 5.41) is 2.01. The molecule has 0 spiro atoms. The Morgan fingerprint density at radius 2 is 1.96 bits per heavy atom. The Labute approximate surface area is 149 Å². The van der Waals surface area contributed by atoms with Crippen LogP contribution in [0.3, 0.4) is 0 Å². The molecule has 0 saturated heterocycles. The molecule has 1 aromatic heterocycles. The molecule has 0 atom stereocenters. The number of sulfonamides is 1. The van der Waals surface area contributed by atoms with Crippen LogP contribution >= 0.6 is 15.9 Å². The second-order valence-corrected chi connectivity index (χ2v) is 8.47.